The Balaban J connectivity index is 1.03. The smallest absolute Gasteiger partial charge is 0.345 e. The molecular formula is C26H29F3N4O. The van der Waals surface area contributed by atoms with E-state index < -0.39 is 11.7 Å². The van der Waals surface area contributed by atoms with Gasteiger partial charge in [-0.05, 0) is 54.5 Å². The predicted octanol–water partition coefficient (Wildman–Crippen LogP) is 4.39. The minimum Gasteiger partial charge on any atom is -0.345 e. The first kappa shape index (κ1) is 22.9. The van der Waals surface area contributed by atoms with Gasteiger partial charge in [-0.2, -0.15) is 13.2 Å². The molecule has 5 rings (SSSR count). The number of imidazole rings is 1. The summed E-state index contributed by atoms with van der Waals surface area (Å²) in [7, 11) is 1.89. The lowest BCUT2D eigenvalue weighted by atomic mass is 10.1. The molecule has 3 aromatic rings. The van der Waals surface area contributed by atoms with E-state index in [1.54, 1.807) is 12.1 Å². The number of aryl methyl sites for hydroxylation is 1. The fourth-order valence-electron chi connectivity index (χ4n) is 5.28. The van der Waals surface area contributed by atoms with Crippen LogP contribution in [0.2, 0.25) is 0 Å². The average Bonchev–Trinajstić information content (AvgIpc) is 3.13. The van der Waals surface area contributed by atoms with Gasteiger partial charge in [-0.15, -0.1) is 0 Å². The second-order valence-electron chi connectivity index (χ2n) is 9.62. The number of rotatable bonds is 8. The number of carbonyl (C=O) groups excluding carboxylic acids is 1. The molecule has 34 heavy (non-hydrogen) atoms. The van der Waals surface area contributed by atoms with E-state index in [1.807, 2.05) is 36.2 Å². The molecule has 0 bridgehead atoms. The molecule has 1 amide bonds. The molecule has 8 heteroatoms. The van der Waals surface area contributed by atoms with E-state index in [9.17, 15) is 18.0 Å². The Morgan fingerprint density at radius 2 is 1.79 bits per heavy atom. The second kappa shape index (κ2) is 9.06. The molecule has 2 heterocycles. The Bertz CT molecular complexity index is 1110. The van der Waals surface area contributed by atoms with Crippen molar-refractivity contribution in [3.63, 3.8) is 0 Å². The zero-order chi connectivity index (χ0) is 23.9. The van der Waals surface area contributed by atoms with Crippen LogP contribution in [0.25, 0.3) is 11.0 Å². The maximum atomic E-state index is 12.9. The van der Waals surface area contributed by atoms with Crippen LogP contribution >= 0.6 is 0 Å². The first-order chi connectivity index (χ1) is 16.3. The Morgan fingerprint density at radius 3 is 2.47 bits per heavy atom. The van der Waals surface area contributed by atoms with Gasteiger partial charge in [0.1, 0.15) is 5.82 Å². The number of alkyl halides is 3. The van der Waals surface area contributed by atoms with E-state index in [1.165, 1.54) is 0 Å². The van der Waals surface area contributed by atoms with Gasteiger partial charge in [-0.1, -0.05) is 24.3 Å². The lowest BCUT2D eigenvalue weighted by Crippen LogP contribution is -2.34. The van der Waals surface area contributed by atoms with Gasteiger partial charge in [0, 0.05) is 45.6 Å². The number of hydrogen-bond acceptors (Lipinski definition) is 3. The summed E-state index contributed by atoms with van der Waals surface area (Å²) in [4.78, 5) is 25.0. The van der Waals surface area contributed by atoms with Gasteiger partial charge in [0.25, 0.3) is 0 Å². The summed E-state index contributed by atoms with van der Waals surface area (Å²) < 4.78 is 38.1. The summed E-state index contributed by atoms with van der Waals surface area (Å²) in [5.41, 5.74) is 2.30. The van der Waals surface area contributed by atoms with Crippen LogP contribution in [0, 0.1) is 17.8 Å². The number of para-hydroxylation sites is 2. The predicted molar refractivity (Wildman–Crippen MR) is 124 cm³/mol. The summed E-state index contributed by atoms with van der Waals surface area (Å²) in [5, 5.41) is 0. The average molecular weight is 471 g/mol. The zero-order valence-electron chi connectivity index (χ0n) is 19.2. The molecule has 0 spiro atoms. The van der Waals surface area contributed by atoms with Crippen molar-refractivity contribution in [2.75, 3.05) is 33.2 Å². The number of carbonyl (C=O) groups is 1. The molecule has 2 atom stereocenters. The monoisotopic (exact) mass is 470 g/mol. The van der Waals surface area contributed by atoms with Crippen LogP contribution in [-0.4, -0.2) is 58.9 Å². The van der Waals surface area contributed by atoms with Gasteiger partial charge in [0.2, 0.25) is 5.91 Å². The molecule has 2 aromatic carbocycles. The first-order valence-electron chi connectivity index (χ1n) is 11.9. The highest BCUT2D eigenvalue weighted by molar-refractivity contribution is 5.82. The van der Waals surface area contributed by atoms with Crippen LogP contribution in [-0.2, 0) is 23.8 Å². The fraction of sp³-hybridized carbons (Fsp3) is 0.462. The quantitative estimate of drug-likeness (QED) is 0.531. The maximum Gasteiger partial charge on any atom is 0.416 e. The molecule has 5 nitrogen and oxygen atoms in total. The van der Waals surface area contributed by atoms with Crippen LogP contribution in [0.15, 0.2) is 48.5 Å². The third-order valence-corrected chi connectivity index (χ3v) is 7.27. The highest BCUT2D eigenvalue weighted by Gasteiger charge is 2.59. The van der Waals surface area contributed by atoms with Crippen molar-refractivity contribution >= 4 is 16.9 Å². The second-order valence-corrected chi connectivity index (χ2v) is 9.62. The van der Waals surface area contributed by atoms with Crippen molar-refractivity contribution in [3.05, 3.63) is 65.5 Å². The van der Waals surface area contributed by atoms with Gasteiger partial charge in [0.05, 0.1) is 16.6 Å². The molecule has 1 aliphatic carbocycles. The first-order valence-corrected chi connectivity index (χ1v) is 11.9. The molecule has 180 valence electrons. The minimum absolute atomic E-state index is 0.124. The number of amides is 1. The van der Waals surface area contributed by atoms with Crippen LogP contribution in [0.4, 0.5) is 13.2 Å². The number of halogens is 3. The van der Waals surface area contributed by atoms with Crippen molar-refractivity contribution in [1.82, 2.24) is 19.8 Å². The molecule has 2 aliphatic rings. The molecule has 1 saturated heterocycles. The summed E-state index contributed by atoms with van der Waals surface area (Å²) >= 11 is 0. The van der Waals surface area contributed by atoms with Gasteiger partial charge in [-0.3, -0.25) is 4.79 Å². The number of nitrogens with one attached hydrogen (secondary N) is 1. The minimum atomic E-state index is -4.29. The van der Waals surface area contributed by atoms with E-state index >= 15 is 0 Å². The zero-order valence-corrected chi connectivity index (χ0v) is 19.2. The Kier molecular flexibility index (Phi) is 6.10. The largest absolute Gasteiger partial charge is 0.416 e. The third-order valence-electron chi connectivity index (χ3n) is 7.27. The normalized spacial score (nSPS) is 22.2. The van der Waals surface area contributed by atoms with Crippen molar-refractivity contribution in [1.29, 1.82) is 0 Å². The molecule has 1 aromatic heterocycles. The number of hydrogen-bond donors (Lipinski definition) is 1. The number of piperidine rings is 1. The summed E-state index contributed by atoms with van der Waals surface area (Å²) in [6, 6.07) is 13.4. The summed E-state index contributed by atoms with van der Waals surface area (Å²) in [6.07, 6.45) is -1.90. The molecule has 1 saturated carbocycles. The van der Waals surface area contributed by atoms with Gasteiger partial charge >= 0.3 is 6.18 Å². The van der Waals surface area contributed by atoms with Crippen molar-refractivity contribution in [3.8, 4) is 0 Å². The summed E-state index contributed by atoms with van der Waals surface area (Å²) in [6.45, 7) is 3.32. The molecule has 1 aliphatic heterocycles. The SMILES string of the molecule is CN(CCCc1nc2ccccc2[nH]1)C(=O)C1C2CN(CCc3ccc(C(F)(F)F)cc3)CC21. The number of aromatic amines is 1. The molecule has 2 unspecified atom stereocenters. The van der Waals surface area contributed by atoms with Gasteiger partial charge in [0.15, 0.2) is 0 Å². The Hall–Kier alpha value is -2.87. The van der Waals surface area contributed by atoms with Crippen LogP contribution in [0.5, 0.6) is 0 Å². The van der Waals surface area contributed by atoms with E-state index in [0.717, 1.165) is 73.5 Å². The number of H-pyrrole nitrogens is 1. The van der Waals surface area contributed by atoms with Gasteiger partial charge < -0.3 is 14.8 Å². The fourth-order valence-corrected chi connectivity index (χ4v) is 5.28. The molecule has 2 fully saturated rings. The molecule has 1 N–H and O–H groups in total. The molecule has 0 radical (unpaired) electrons. The van der Waals surface area contributed by atoms with E-state index in [2.05, 4.69) is 14.9 Å². The van der Waals surface area contributed by atoms with E-state index in [4.69, 9.17) is 0 Å². The van der Waals surface area contributed by atoms with Crippen LogP contribution < -0.4 is 0 Å². The third kappa shape index (κ3) is 4.82. The van der Waals surface area contributed by atoms with Gasteiger partial charge in [-0.25, -0.2) is 4.98 Å². The lowest BCUT2D eigenvalue weighted by Gasteiger charge is -2.22. The van der Waals surface area contributed by atoms with E-state index in [-0.39, 0.29) is 11.8 Å². The maximum absolute atomic E-state index is 12.9. The highest BCUT2D eigenvalue weighted by atomic mass is 19.4. The topological polar surface area (TPSA) is 52.2 Å². The van der Waals surface area contributed by atoms with E-state index in [0.29, 0.717) is 18.4 Å². The van der Waals surface area contributed by atoms with Crippen molar-refractivity contribution in [2.45, 2.75) is 25.4 Å². The summed E-state index contributed by atoms with van der Waals surface area (Å²) in [5.74, 6) is 2.14. The number of nitrogens with zero attached hydrogens (tertiary/aromatic N) is 3. The number of benzene rings is 2. The number of aromatic nitrogens is 2. The standard InChI is InChI=1S/C26H29F3N4O/c1-32(13-4-7-23-30-21-5-2-3-6-22(21)31-23)25(34)24-19-15-33(16-20(19)24)14-12-17-8-10-18(11-9-17)26(27,28)29/h2-3,5-6,8-11,19-20,24H,4,7,12-16H2,1H3,(H,30,31). The lowest BCUT2D eigenvalue weighted by molar-refractivity contribution is -0.137. The van der Waals surface area contributed by atoms with Crippen LogP contribution in [0.1, 0.15) is 23.4 Å². The number of fused-ring (bicyclic) bond motifs is 2. The molecular weight excluding hydrogens is 441 g/mol. The van der Waals surface area contributed by atoms with Crippen molar-refractivity contribution in [2.24, 2.45) is 17.8 Å². The Labute approximate surface area is 197 Å². The Morgan fingerprint density at radius 1 is 1.09 bits per heavy atom. The van der Waals surface area contributed by atoms with Crippen LogP contribution in [0.3, 0.4) is 0 Å². The van der Waals surface area contributed by atoms with Crippen molar-refractivity contribution < 1.29 is 18.0 Å². The number of likely N-dealkylation sites (tertiary alicyclic amines) is 1. The highest BCUT2D eigenvalue weighted by Crippen LogP contribution is 2.52.